The van der Waals surface area contributed by atoms with E-state index in [-0.39, 0.29) is 26.5 Å². The van der Waals surface area contributed by atoms with Gasteiger partial charge >= 0.3 is 0 Å². The zero-order chi connectivity index (χ0) is 36.4. The van der Waals surface area contributed by atoms with Gasteiger partial charge in [-0.2, -0.15) is 6.07 Å². The Labute approximate surface area is 334 Å². The smallest absolute Gasteiger partial charge is 0.140 e. The van der Waals surface area contributed by atoms with Gasteiger partial charge in [-0.15, -0.1) is 53.6 Å². The largest absolute Gasteiger partial charge is 0.509 e. The molecule has 0 N–H and O–H groups in total. The van der Waals surface area contributed by atoms with E-state index >= 15 is 0 Å². The maximum Gasteiger partial charge on any atom is 0.140 e. The molecule has 6 nitrogen and oxygen atoms in total. The van der Waals surface area contributed by atoms with Gasteiger partial charge in [-0.1, -0.05) is 105 Å². The molecule has 0 radical (unpaired) electrons. The zero-order valence-electron chi connectivity index (χ0n) is 30.4. The number of benzene rings is 6. The summed E-state index contributed by atoms with van der Waals surface area (Å²) in [6, 6.07) is 53.0. The molecule has 0 bridgehead atoms. The van der Waals surface area contributed by atoms with E-state index in [9.17, 15) is 0 Å². The second-order valence-electron chi connectivity index (χ2n) is 14.7. The first-order valence-electron chi connectivity index (χ1n) is 18.1. The van der Waals surface area contributed by atoms with Crippen LogP contribution in [0.3, 0.4) is 0 Å². The number of hydrogen-bond donors (Lipinski definition) is 0. The van der Waals surface area contributed by atoms with Crippen molar-refractivity contribution in [2.45, 2.75) is 26.2 Å². The third kappa shape index (κ3) is 6.27. The van der Waals surface area contributed by atoms with Crippen molar-refractivity contribution in [3.63, 3.8) is 0 Å². The van der Waals surface area contributed by atoms with Crippen molar-refractivity contribution in [3.8, 4) is 28.4 Å². The number of rotatable bonds is 6. The summed E-state index contributed by atoms with van der Waals surface area (Å²) in [5, 5.41) is 4.18. The van der Waals surface area contributed by atoms with Gasteiger partial charge in [-0.05, 0) is 58.6 Å². The minimum Gasteiger partial charge on any atom is -0.509 e. The van der Waals surface area contributed by atoms with Gasteiger partial charge in [0.1, 0.15) is 17.0 Å². The molecular formula is C48H35N4O2Pt-3. The van der Waals surface area contributed by atoms with Crippen LogP contribution in [-0.2, 0) is 26.5 Å². The first kappa shape index (κ1) is 34.7. The Hall–Kier alpha value is -6.10. The summed E-state index contributed by atoms with van der Waals surface area (Å²) in [5.74, 6) is 1.94. The van der Waals surface area contributed by atoms with Crippen molar-refractivity contribution in [1.82, 2.24) is 9.55 Å². The second kappa shape index (κ2) is 13.6. The fraction of sp³-hybridized carbons (Fsp3) is 0.0833. The minimum atomic E-state index is -0.123. The number of fused-ring (bicyclic) bond motifs is 6. The average Bonchev–Trinajstić information content (AvgIpc) is 3.92. The third-order valence-corrected chi connectivity index (χ3v) is 10.1. The maximum atomic E-state index is 6.68. The van der Waals surface area contributed by atoms with Crippen LogP contribution in [0.4, 0.5) is 11.4 Å². The molecule has 0 atom stereocenters. The molecular weight excluding hydrogens is 860 g/mol. The molecule has 0 aliphatic carbocycles. The van der Waals surface area contributed by atoms with E-state index < -0.39 is 0 Å². The van der Waals surface area contributed by atoms with E-state index in [0.717, 1.165) is 77.6 Å². The second-order valence-corrected chi connectivity index (χ2v) is 14.7. The van der Waals surface area contributed by atoms with E-state index in [1.807, 2.05) is 73.2 Å². The van der Waals surface area contributed by atoms with Crippen LogP contribution in [0.5, 0.6) is 11.5 Å². The molecule has 1 aliphatic heterocycles. The number of para-hydroxylation sites is 2. The molecule has 1 aliphatic rings. The molecule has 272 valence electrons. The summed E-state index contributed by atoms with van der Waals surface area (Å²) in [5.41, 5.74) is 8.79. The van der Waals surface area contributed by atoms with Crippen LogP contribution >= 0.6 is 0 Å². The summed E-state index contributed by atoms with van der Waals surface area (Å²) in [7, 11) is 0. The van der Waals surface area contributed by atoms with Crippen LogP contribution in [0.2, 0.25) is 0 Å². The molecule has 9 aromatic rings. The number of hydrogen-bond acceptors (Lipinski definition) is 5. The molecule has 0 unspecified atom stereocenters. The van der Waals surface area contributed by atoms with Gasteiger partial charge in [0, 0.05) is 66.8 Å². The molecule has 4 heterocycles. The Bertz CT molecular complexity index is 2890. The van der Waals surface area contributed by atoms with Crippen LogP contribution in [0.15, 0.2) is 156 Å². The van der Waals surface area contributed by atoms with E-state index in [1.165, 1.54) is 0 Å². The normalized spacial score (nSPS) is 13.0. The van der Waals surface area contributed by atoms with Gasteiger partial charge in [0.25, 0.3) is 0 Å². The van der Waals surface area contributed by atoms with Gasteiger partial charge in [-0.25, -0.2) is 4.98 Å². The van der Waals surface area contributed by atoms with Gasteiger partial charge in [-0.3, -0.25) is 0 Å². The summed E-state index contributed by atoms with van der Waals surface area (Å²) in [4.78, 5) is 9.17. The number of aromatic nitrogens is 2. The van der Waals surface area contributed by atoms with E-state index in [2.05, 4.69) is 133 Å². The molecule has 6 aromatic carbocycles. The molecule has 0 spiro atoms. The predicted octanol–water partition coefficient (Wildman–Crippen LogP) is 12.3. The van der Waals surface area contributed by atoms with Crippen LogP contribution in [0.25, 0.3) is 60.7 Å². The van der Waals surface area contributed by atoms with Crippen molar-refractivity contribution in [2.75, 3.05) is 9.80 Å². The van der Waals surface area contributed by atoms with Gasteiger partial charge < -0.3 is 23.5 Å². The molecule has 0 saturated carbocycles. The molecule has 7 heteroatoms. The average molecular weight is 895 g/mol. The fourth-order valence-corrected chi connectivity index (χ4v) is 7.29. The number of anilines is 2. The molecule has 55 heavy (non-hydrogen) atoms. The predicted molar refractivity (Wildman–Crippen MR) is 219 cm³/mol. The molecule has 0 saturated heterocycles. The standard InChI is InChI=1S/C48H35N4O2.Pt/c1-48(2,3)34-25-36(51-23-22-50(31-51)35-14-8-5-9-15-35)27-38(26-34)53-37-19-20-39-41-24-33(32-12-6-4-7-13-32)18-21-43(41)52(44(39)28-37)47-29-46-42(30-49-47)40-16-10-11-17-45(40)54-46;/h4-26,29-31H,1-3H3;/q-3;. The summed E-state index contributed by atoms with van der Waals surface area (Å²) in [6.45, 7) is 8.69. The van der Waals surface area contributed by atoms with Crippen molar-refractivity contribution in [2.24, 2.45) is 0 Å². The Morgan fingerprint density at radius 1 is 0.636 bits per heavy atom. The Morgan fingerprint density at radius 3 is 2.22 bits per heavy atom. The molecule has 3 aromatic heterocycles. The first-order valence-corrected chi connectivity index (χ1v) is 18.1. The topological polar surface area (TPSA) is 46.7 Å². The van der Waals surface area contributed by atoms with Crippen molar-refractivity contribution in [1.29, 1.82) is 0 Å². The number of ether oxygens (including phenoxy) is 1. The quantitative estimate of drug-likeness (QED) is 0.156. The van der Waals surface area contributed by atoms with Crippen LogP contribution in [0.1, 0.15) is 26.3 Å². The van der Waals surface area contributed by atoms with Gasteiger partial charge in [0.15, 0.2) is 0 Å². The molecule has 10 rings (SSSR count). The minimum absolute atomic E-state index is 0. The van der Waals surface area contributed by atoms with Gasteiger partial charge in [0.2, 0.25) is 0 Å². The first-order chi connectivity index (χ1) is 26.4. The molecule has 0 amide bonds. The monoisotopic (exact) mass is 894 g/mol. The number of pyridine rings is 1. The van der Waals surface area contributed by atoms with Crippen LogP contribution in [-0.4, -0.2) is 9.55 Å². The number of nitrogens with zero attached hydrogens (tertiary/aromatic N) is 4. The summed E-state index contributed by atoms with van der Waals surface area (Å²) >= 11 is 0. The molecule has 0 fully saturated rings. The van der Waals surface area contributed by atoms with Crippen LogP contribution < -0.4 is 14.5 Å². The summed E-state index contributed by atoms with van der Waals surface area (Å²) in [6.07, 6.45) is 6.00. The summed E-state index contributed by atoms with van der Waals surface area (Å²) < 4.78 is 15.1. The van der Waals surface area contributed by atoms with E-state index in [4.69, 9.17) is 14.1 Å². The van der Waals surface area contributed by atoms with Gasteiger partial charge in [0.05, 0.1) is 0 Å². The van der Waals surface area contributed by atoms with Crippen molar-refractivity contribution in [3.05, 3.63) is 176 Å². The van der Waals surface area contributed by atoms with Crippen LogP contribution in [0, 0.1) is 18.8 Å². The number of furan rings is 1. The van der Waals surface area contributed by atoms with Crippen molar-refractivity contribution >= 4 is 55.1 Å². The van der Waals surface area contributed by atoms with E-state index in [0.29, 0.717) is 11.5 Å². The van der Waals surface area contributed by atoms with Crippen molar-refractivity contribution < 1.29 is 30.2 Å². The third-order valence-electron chi connectivity index (χ3n) is 10.1. The maximum absolute atomic E-state index is 6.68. The Morgan fingerprint density at radius 2 is 1.40 bits per heavy atom. The Balaban J connectivity index is 0.00000397. The SMILES string of the molecule is CC(C)(C)c1cc(Oc2[c-]c3c(cc2)c2cc(-c4ccccc4)ccc2n3-c2cc3oc4ccccc4c3cn2)[c-]c(N2C=CN(c3ccccc3)[CH-]2)c1.[Pt]. The Kier molecular flexibility index (Phi) is 8.59. The van der Waals surface area contributed by atoms with E-state index in [1.54, 1.807) is 0 Å². The fourth-order valence-electron chi connectivity index (χ4n) is 7.29. The zero-order valence-corrected chi connectivity index (χ0v) is 32.7.